The van der Waals surface area contributed by atoms with E-state index in [0.717, 1.165) is 18.2 Å². The lowest BCUT2D eigenvalue weighted by atomic mass is 10.1. The van der Waals surface area contributed by atoms with Gasteiger partial charge in [-0.2, -0.15) is 0 Å². The van der Waals surface area contributed by atoms with Crippen LogP contribution in [-0.4, -0.2) is 25.9 Å². The summed E-state index contributed by atoms with van der Waals surface area (Å²) in [5, 5.41) is 22.8. The van der Waals surface area contributed by atoms with E-state index in [9.17, 15) is 20.0 Å². The molecule has 0 spiro atoms. The van der Waals surface area contributed by atoms with E-state index < -0.39 is 10.8 Å². The maximum absolute atomic E-state index is 12.0. The second-order valence-electron chi connectivity index (χ2n) is 4.24. The van der Waals surface area contributed by atoms with Crippen molar-refractivity contribution < 1.29 is 14.8 Å². The molecule has 8 nitrogen and oxygen atoms in total. The molecule has 1 aromatic heterocycles. The zero-order valence-corrected chi connectivity index (χ0v) is 11.1. The molecule has 0 aliphatic rings. The Morgan fingerprint density at radius 1 is 1.43 bits per heavy atom. The summed E-state index contributed by atoms with van der Waals surface area (Å²) in [6.07, 6.45) is 1.56. The Morgan fingerprint density at radius 2 is 2.19 bits per heavy atom. The molecule has 1 heterocycles. The Labute approximate surface area is 119 Å². The lowest BCUT2D eigenvalue weighted by Crippen LogP contribution is -2.24. The van der Waals surface area contributed by atoms with Crippen molar-refractivity contribution in [3.05, 3.63) is 57.7 Å². The first-order valence-electron chi connectivity index (χ1n) is 6.01. The predicted octanol–water partition coefficient (Wildman–Crippen LogP) is 1.33. The summed E-state index contributed by atoms with van der Waals surface area (Å²) in [5.74, 6) is -0.317. The molecule has 2 aromatic rings. The molecule has 0 unspecified atom stereocenters. The van der Waals surface area contributed by atoms with Crippen molar-refractivity contribution in [1.29, 1.82) is 0 Å². The number of nitro groups is 1. The van der Waals surface area contributed by atoms with E-state index in [1.54, 1.807) is 19.2 Å². The largest absolute Gasteiger partial charge is 0.508 e. The maximum Gasteiger partial charge on any atom is 0.282 e. The fraction of sp³-hybridized carbons (Fsp3) is 0.154. The number of aromatic nitrogens is 2. The standard InChI is InChI=1S/C13H12N4O4/c1-8-14-5-4-9(16-8)7-15-13(19)11-6-10(18)2-3-12(11)17(20)21/h2-6,18H,7H2,1H3,(H,15,19). The van der Waals surface area contributed by atoms with Gasteiger partial charge < -0.3 is 10.4 Å². The number of carbonyl (C=O) groups is 1. The molecule has 2 N–H and O–H groups in total. The molecule has 108 valence electrons. The van der Waals surface area contributed by atoms with Gasteiger partial charge in [-0.15, -0.1) is 0 Å². The number of aromatic hydroxyl groups is 1. The third kappa shape index (κ3) is 3.50. The summed E-state index contributed by atoms with van der Waals surface area (Å²) in [6.45, 7) is 1.82. The van der Waals surface area contributed by atoms with Crippen molar-refractivity contribution in [3.8, 4) is 5.75 Å². The maximum atomic E-state index is 12.0. The highest BCUT2D eigenvalue weighted by Gasteiger charge is 2.20. The number of rotatable bonds is 4. The summed E-state index contributed by atoms with van der Waals surface area (Å²) in [7, 11) is 0. The van der Waals surface area contributed by atoms with Crippen molar-refractivity contribution in [2.75, 3.05) is 0 Å². The summed E-state index contributed by atoms with van der Waals surface area (Å²) in [5.41, 5.74) is 0.00797. The van der Waals surface area contributed by atoms with Gasteiger partial charge >= 0.3 is 0 Å². The minimum absolute atomic E-state index is 0.106. The quantitative estimate of drug-likeness (QED) is 0.647. The molecule has 0 fully saturated rings. The van der Waals surface area contributed by atoms with Crippen LogP contribution in [0.3, 0.4) is 0 Å². The molecule has 0 saturated carbocycles. The monoisotopic (exact) mass is 288 g/mol. The fourth-order valence-corrected chi connectivity index (χ4v) is 1.73. The number of phenols is 1. The van der Waals surface area contributed by atoms with Crippen LogP contribution in [0.5, 0.6) is 5.75 Å². The molecule has 0 aliphatic heterocycles. The van der Waals surface area contributed by atoms with Crippen LogP contribution in [0.1, 0.15) is 21.9 Å². The normalized spacial score (nSPS) is 10.1. The summed E-state index contributed by atoms with van der Waals surface area (Å²) in [4.78, 5) is 30.2. The van der Waals surface area contributed by atoms with Gasteiger partial charge in [0.05, 0.1) is 17.2 Å². The first-order chi connectivity index (χ1) is 9.97. The zero-order chi connectivity index (χ0) is 15.4. The molecule has 1 amide bonds. The lowest BCUT2D eigenvalue weighted by Gasteiger charge is -2.06. The second kappa shape index (κ2) is 5.95. The van der Waals surface area contributed by atoms with Crippen molar-refractivity contribution in [1.82, 2.24) is 15.3 Å². The molecule has 1 aromatic carbocycles. The van der Waals surface area contributed by atoms with E-state index in [1.165, 1.54) is 0 Å². The van der Waals surface area contributed by atoms with E-state index in [2.05, 4.69) is 15.3 Å². The number of nitrogens with one attached hydrogen (secondary N) is 1. The fourth-order valence-electron chi connectivity index (χ4n) is 1.73. The number of nitro benzene ring substituents is 1. The number of amides is 1. The molecular weight excluding hydrogens is 276 g/mol. The van der Waals surface area contributed by atoms with Crippen molar-refractivity contribution in [3.63, 3.8) is 0 Å². The number of benzene rings is 1. The Kier molecular flexibility index (Phi) is 4.07. The average molecular weight is 288 g/mol. The van der Waals surface area contributed by atoms with Crippen LogP contribution >= 0.6 is 0 Å². The first kappa shape index (κ1) is 14.4. The van der Waals surface area contributed by atoms with Crippen LogP contribution in [0, 0.1) is 17.0 Å². The van der Waals surface area contributed by atoms with Crippen LogP contribution in [0.2, 0.25) is 0 Å². The highest BCUT2D eigenvalue weighted by Crippen LogP contribution is 2.23. The molecule has 0 bridgehead atoms. The van der Waals surface area contributed by atoms with Crippen LogP contribution in [0.15, 0.2) is 30.5 Å². The van der Waals surface area contributed by atoms with E-state index in [-0.39, 0.29) is 23.5 Å². The van der Waals surface area contributed by atoms with E-state index in [4.69, 9.17) is 0 Å². The number of carbonyl (C=O) groups excluding carboxylic acids is 1. The highest BCUT2D eigenvalue weighted by atomic mass is 16.6. The van der Waals surface area contributed by atoms with Crippen LogP contribution < -0.4 is 5.32 Å². The third-order valence-electron chi connectivity index (χ3n) is 2.69. The van der Waals surface area contributed by atoms with Gasteiger partial charge in [0.15, 0.2) is 0 Å². The summed E-state index contributed by atoms with van der Waals surface area (Å²) < 4.78 is 0. The van der Waals surface area contributed by atoms with Crippen molar-refractivity contribution in [2.45, 2.75) is 13.5 Å². The Morgan fingerprint density at radius 3 is 2.86 bits per heavy atom. The molecule has 0 atom stereocenters. The molecule has 0 aliphatic carbocycles. The van der Waals surface area contributed by atoms with E-state index >= 15 is 0 Å². The second-order valence-corrected chi connectivity index (χ2v) is 4.24. The van der Waals surface area contributed by atoms with Crippen molar-refractivity contribution in [2.24, 2.45) is 0 Å². The predicted molar refractivity (Wildman–Crippen MR) is 72.7 cm³/mol. The van der Waals surface area contributed by atoms with Gasteiger partial charge in [0.1, 0.15) is 17.1 Å². The van der Waals surface area contributed by atoms with E-state index in [1.807, 2.05) is 0 Å². The summed E-state index contributed by atoms with van der Waals surface area (Å²) in [6, 6.07) is 4.92. The van der Waals surface area contributed by atoms with Gasteiger partial charge in [0, 0.05) is 12.3 Å². The van der Waals surface area contributed by atoms with Gasteiger partial charge in [-0.3, -0.25) is 14.9 Å². The van der Waals surface area contributed by atoms with Gasteiger partial charge in [-0.1, -0.05) is 0 Å². The Bertz CT molecular complexity index is 702. The SMILES string of the molecule is Cc1nccc(CNC(=O)c2cc(O)ccc2[N+](=O)[O-])n1. The number of hydrogen-bond acceptors (Lipinski definition) is 6. The Balaban J connectivity index is 2.17. The topological polar surface area (TPSA) is 118 Å². The molecule has 2 rings (SSSR count). The minimum atomic E-state index is -0.677. The van der Waals surface area contributed by atoms with Gasteiger partial charge in [-0.05, 0) is 25.1 Å². The molecular formula is C13H12N4O4. The average Bonchev–Trinajstić information content (AvgIpc) is 2.44. The minimum Gasteiger partial charge on any atom is -0.508 e. The smallest absolute Gasteiger partial charge is 0.282 e. The first-order valence-corrected chi connectivity index (χ1v) is 6.01. The van der Waals surface area contributed by atoms with E-state index in [0.29, 0.717) is 11.5 Å². The number of nitrogens with zero attached hydrogens (tertiary/aromatic N) is 3. The van der Waals surface area contributed by atoms with Crippen LogP contribution in [-0.2, 0) is 6.54 Å². The lowest BCUT2D eigenvalue weighted by molar-refractivity contribution is -0.385. The van der Waals surface area contributed by atoms with Crippen molar-refractivity contribution >= 4 is 11.6 Å². The highest BCUT2D eigenvalue weighted by molar-refractivity contribution is 5.98. The summed E-state index contributed by atoms with van der Waals surface area (Å²) >= 11 is 0. The zero-order valence-electron chi connectivity index (χ0n) is 11.1. The van der Waals surface area contributed by atoms with Crippen LogP contribution in [0.4, 0.5) is 5.69 Å². The Hall–Kier alpha value is -3.03. The van der Waals surface area contributed by atoms with Gasteiger partial charge in [-0.25, -0.2) is 9.97 Å². The number of hydrogen-bond donors (Lipinski definition) is 2. The molecule has 0 saturated heterocycles. The molecule has 21 heavy (non-hydrogen) atoms. The third-order valence-corrected chi connectivity index (χ3v) is 2.69. The van der Waals surface area contributed by atoms with Gasteiger partial charge in [0.25, 0.3) is 11.6 Å². The molecule has 0 radical (unpaired) electrons. The van der Waals surface area contributed by atoms with Crippen LogP contribution in [0.25, 0.3) is 0 Å². The number of aryl methyl sites for hydroxylation is 1. The number of phenolic OH excluding ortho intramolecular Hbond substituents is 1. The molecule has 8 heteroatoms. The van der Waals surface area contributed by atoms with Gasteiger partial charge in [0.2, 0.25) is 0 Å².